The first-order valence-corrected chi connectivity index (χ1v) is 4.07. The second-order valence-electron chi connectivity index (χ2n) is 3.13. The van der Waals surface area contributed by atoms with Crippen LogP contribution in [0.15, 0.2) is 12.3 Å². The number of allylic oxidation sites excluding steroid dienone is 1. The molecule has 58 valence electrons. The SMILES string of the molecule is CC[C@H]1OC=C[C@@H](C)[C@@H]1C. The van der Waals surface area contributed by atoms with Crippen LogP contribution in [-0.4, -0.2) is 6.10 Å². The maximum atomic E-state index is 5.43. The molecular formula is C9H16O. The van der Waals surface area contributed by atoms with E-state index in [1.807, 2.05) is 6.26 Å². The largest absolute Gasteiger partial charge is 0.498 e. The number of hydrogen-bond acceptors (Lipinski definition) is 1. The van der Waals surface area contributed by atoms with Crippen LogP contribution in [0, 0.1) is 11.8 Å². The maximum absolute atomic E-state index is 5.43. The number of hydrogen-bond donors (Lipinski definition) is 0. The van der Waals surface area contributed by atoms with Crippen molar-refractivity contribution in [3.8, 4) is 0 Å². The third kappa shape index (κ3) is 1.34. The summed E-state index contributed by atoms with van der Waals surface area (Å²) in [4.78, 5) is 0. The van der Waals surface area contributed by atoms with Gasteiger partial charge in [0.1, 0.15) is 6.10 Å². The second-order valence-corrected chi connectivity index (χ2v) is 3.13. The summed E-state index contributed by atoms with van der Waals surface area (Å²) in [5, 5.41) is 0. The zero-order valence-electron chi connectivity index (χ0n) is 7.00. The molecule has 0 saturated carbocycles. The topological polar surface area (TPSA) is 9.23 Å². The summed E-state index contributed by atoms with van der Waals surface area (Å²) in [5.41, 5.74) is 0. The predicted molar refractivity (Wildman–Crippen MR) is 42.6 cm³/mol. The molecule has 1 aliphatic heterocycles. The Morgan fingerprint density at radius 1 is 1.40 bits per heavy atom. The van der Waals surface area contributed by atoms with E-state index in [-0.39, 0.29) is 0 Å². The fourth-order valence-electron chi connectivity index (χ4n) is 1.38. The normalized spacial score (nSPS) is 39.3. The Kier molecular flexibility index (Phi) is 2.36. The van der Waals surface area contributed by atoms with E-state index in [9.17, 15) is 0 Å². The van der Waals surface area contributed by atoms with Crippen molar-refractivity contribution >= 4 is 0 Å². The summed E-state index contributed by atoms with van der Waals surface area (Å²) in [6, 6.07) is 0. The predicted octanol–water partition coefficient (Wildman–Crippen LogP) is 2.58. The molecule has 0 aliphatic carbocycles. The van der Waals surface area contributed by atoms with Crippen LogP contribution in [0.2, 0.25) is 0 Å². The third-order valence-electron chi connectivity index (χ3n) is 2.45. The van der Waals surface area contributed by atoms with E-state index >= 15 is 0 Å². The Balaban J connectivity index is 2.56. The van der Waals surface area contributed by atoms with Gasteiger partial charge in [0.05, 0.1) is 6.26 Å². The van der Waals surface area contributed by atoms with Gasteiger partial charge >= 0.3 is 0 Å². The van der Waals surface area contributed by atoms with Gasteiger partial charge in [-0.05, 0) is 24.3 Å². The summed E-state index contributed by atoms with van der Waals surface area (Å²) < 4.78 is 5.43. The lowest BCUT2D eigenvalue weighted by molar-refractivity contribution is 0.0562. The molecule has 0 aromatic rings. The van der Waals surface area contributed by atoms with E-state index < -0.39 is 0 Å². The zero-order valence-corrected chi connectivity index (χ0v) is 7.00. The van der Waals surface area contributed by atoms with Crippen molar-refractivity contribution in [1.29, 1.82) is 0 Å². The first kappa shape index (κ1) is 7.64. The lowest BCUT2D eigenvalue weighted by atomic mass is 9.88. The Labute approximate surface area is 63.1 Å². The van der Waals surface area contributed by atoms with Crippen molar-refractivity contribution in [2.75, 3.05) is 0 Å². The molecule has 0 radical (unpaired) electrons. The third-order valence-corrected chi connectivity index (χ3v) is 2.45. The second kappa shape index (κ2) is 3.09. The van der Waals surface area contributed by atoms with Gasteiger partial charge in [0, 0.05) is 0 Å². The minimum Gasteiger partial charge on any atom is -0.498 e. The smallest absolute Gasteiger partial charge is 0.101 e. The lowest BCUT2D eigenvalue weighted by Gasteiger charge is -2.29. The number of rotatable bonds is 1. The molecule has 1 heterocycles. The molecule has 10 heavy (non-hydrogen) atoms. The summed E-state index contributed by atoms with van der Waals surface area (Å²) >= 11 is 0. The van der Waals surface area contributed by atoms with Gasteiger partial charge in [0.2, 0.25) is 0 Å². The van der Waals surface area contributed by atoms with Crippen LogP contribution in [0.3, 0.4) is 0 Å². The molecular weight excluding hydrogens is 124 g/mol. The molecule has 0 bridgehead atoms. The monoisotopic (exact) mass is 140 g/mol. The fraction of sp³-hybridized carbons (Fsp3) is 0.778. The van der Waals surface area contributed by atoms with Crippen LogP contribution in [0.4, 0.5) is 0 Å². The van der Waals surface area contributed by atoms with Crippen molar-refractivity contribution < 1.29 is 4.74 Å². The van der Waals surface area contributed by atoms with Gasteiger partial charge in [0.15, 0.2) is 0 Å². The summed E-state index contributed by atoms with van der Waals surface area (Å²) in [6.45, 7) is 6.67. The Morgan fingerprint density at radius 2 is 2.10 bits per heavy atom. The van der Waals surface area contributed by atoms with Crippen molar-refractivity contribution in [1.82, 2.24) is 0 Å². The maximum Gasteiger partial charge on any atom is 0.101 e. The van der Waals surface area contributed by atoms with Gasteiger partial charge in [-0.1, -0.05) is 20.8 Å². The molecule has 0 aromatic carbocycles. The van der Waals surface area contributed by atoms with E-state index in [4.69, 9.17) is 4.74 Å². The Hall–Kier alpha value is -0.460. The molecule has 1 heteroatoms. The highest BCUT2D eigenvalue weighted by atomic mass is 16.5. The van der Waals surface area contributed by atoms with E-state index in [1.54, 1.807) is 0 Å². The van der Waals surface area contributed by atoms with Gasteiger partial charge < -0.3 is 4.74 Å². The van der Waals surface area contributed by atoms with Gasteiger partial charge in [-0.25, -0.2) is 0 Å². The molecule has 0 spiro atoms. The minimum absolute atomic E-state index is 0.444. The quantitative estimate of drug-likeness (QED) is 0.544. The standard InChI is InChI=1S/C9H16O/c1-4-9-8(3)7(2)5-6-10-9/h5-9H,4H2,1-3H3/t7-,8+,9-/m1/s1. The van der Waals surface area contributed by atoms with Crippen LogP contribution in [0.1, 0.15) is 27.2 Å². The highest BCUT2D eigenvalue weighted by Gasteiger charge is 2.23. The lowest BCUT2D eigenvalue weighted by Crippen LogP contribution is -2.26. The molecule has 0 N–H and O–H groups in total. The van der Waals surface area contributed by atoms with Crippen molar-refractivity contribution in [2.45, 2.75) is 33.3 Å². The Bertz CT molecular complexity index is 129. The van der Waals surface area contributed by atoms with Gasteiger partial charge in [-0.2, -0.15) is 0 Å². The summed E-state index contributed by atoms with van der Waals surface area (Å²) in [7, 11) is 0. The molecule has 0 saturated heterocycles. The molecule has 0 amide bonds. The summed E-state index contributed by atoms with van der Waals surface area (Å²) in [5.74, 6) is 1.36. The highest BCUT2D eigenvalue weighted by molar-refractivity contribution is 4.91. The first-order valence-electron chi connectivity index (χ1n) is 4.07. The molecule has 1 aliphatic rings. The zero-order chi connectivity index (χ0) is 7.56. The Morgan fingerprint density at radius 3 is 2.60 bits per heavy atom. The molecule has 3 atom stereocenters. The minimum atomic E-state index is 0.444. The van der Waals surface area contributed by atoms with Crippen LogP contribution in [-0.2, 0) is 4.74 Å². The van der Waals surface area contributed by atoms with E-state index in [0.29, 0.717) is 17.9 Å². The average Bonchev–Trinajstić information content (AvgIpc) is 1.95. The van der Waals surface area contributed by atoms with E-state index in [0.717, 1.165) is 6.42 Å². The van der Waals surface area contributed by atoms with Gasteiger partial charge in [-0.3, -0.25) is 0 Å². The van der Waals surface area contributed by atoms with Crippen molar-refractivity contribution in [3.05, 3.63) is 12.3 Å². The van der Waals surface area contributed by atoms with Crippen molar-refractivity contribution in [3.63, 3.8) is 0 Å². The molecule has 0 aromatic heterocycles. The van der Waals surface area contributed by atoms with Crippen LogP contribution in [0.5, 0.6) is 0 Å². The van der Waals surface area contributed by atoms with Gasteiger partial charge in [0.25, 0.3) is 0 Å². The first-order chi connectivity index (χ1) is 4.75. The molecule has 1 nitrogen and oxygen atoms in total. The highest BCUT2D eigenvalue weighted by Crippen LogP contribution is 2.25. The van der Waals surface area contributed by atoms with E-state index in [1.165, 1.54) is 0 Å². The molecule has 1 rings (SSSR count). The van der Waals surface area contributed by atoms with Gasteiger partial charge in [-0.15, -0.1) is 0 Å². The van der Waals surface area contributed by atoms with Crippen LogP contribution in [0.25, 0.3) is 0 Å². The average molecular weight is 140 g/mol. The fourth-order valence-corrected chi connectivity index (χ4v) is 1.38. The van der Waals surface area contributed by atoms with Crippen LogP contribution >= 0.6 is 0 Å². The molecule has 0 unspecified atom stereocenters. The van der Waals surface area contributed by atoms with Crippen LogP contribution < -0.4 is 0 Å². The molecule has 0 fully saturated rings. The summed E-state index contributed by atoms with van der Waals surface area (Å²) in [6.07, 6.45) is 5.55. The number of ether oxygens (including phenoxy) is 1. The van der Waals surface area contributed by atoms with E-state index in [2.05, 4.69) is 26.8 Å². The van der Waals surface area contributed by atoms with Crippen molar-refractivity contribution in [2.24, 2.45) is 11.8 Å².